The maximum absolute atomic E-state index is 12.8. The van der Waals surface area contributed by atoms with E-state index >= 15 is 0 Å². The summed E-state index contributed by atoms with van der Waals surface area (Å²) in [6.45, 7) is 13.2. The zero-order valence-corrected chi connectivity index (χ0v) is 16.9. The number of aliphatic carboxylic acids is 1. The molecule has 1 aromatic rings. The standard InChI is InChI=1S/C19H30N4O4/c1-18(2,3)17-20-12(21-27-17)11-22-7-6-8-23(10-9-22)15(24)13-14(16(25)26)19(13,4)5/h13-14H,6-11H2,1-5H3,(H,25,26)/t13-,14+/m0/s1. The molecule has 1 saturated heterocycles. The fraction of sp³-hybridized carbons (Fsp3) is 0.789. The van der Waals surface area contributed by atoms with Crippen molar-refractivity contribution in [2.75, 3.05) is 26.2 Å². The van der Waals surface area contributed by atoms with Crippen molar-refractivity contribution in [1.82, 2.24) is 19.9 Å². The fourth-order valence-electron chi connectivity index (χ4n) is 3.93. The van der Waals surface area contributed by atoms with Gasteiger partial charge in [0.15, 0.2) is 5.82 Å². The largest absolute Gasteiger partial charge is 0.481 e. The molecule has 2 atom stereocenters. The highest BCUT2D eigenvalue weighted by Gasteiger charge is 2.66. The molecule has 0 radical (unpaired) electrons. The minimum Gasteiger partial charge on any atom is -0.481 e. The number of aromatic nitrogens is 2. The third-order valence-electron chi connectivity index (χ3n) is 5.73. The Labute approximate surface area is 159 Å². The quantitative estimate of drug-likeness (QED) is 0.852. The van der Waals surface area contributed by atoms with Crippen molar-refractivity contribution in [1.29, 1.82) is 0 Å². The Hall–Kier alpha value is -1.96. The van der Waals surface area contributed by atoms with Crippen LogP contribution in [0.25, 0.3) is 0 Å². The number of carbonyl (C=O) groups is 2. The van der Waals surface area contributed by atoms with Gasteiger partial charge in [0.05, 0.1) is 18.4 Å². The first-order valence-corrected chi connectivity index (χ1v) is 9.59. The number of hydrogen-bond donors (Lipinski definition) is 1. The van der Waals surface area contributed by atoms with Gasteiger partial charge in [0.2, 0.25) is 11.8 Å². The third-order valence-corrected chi connectivity index (χ3v) is 5.73. The lowest BCUT2D eigenvalue weighted by Crippen LogP contribution is -2.37. The summed E-state index contributed by atoms with van der Waals surface area (Å²) in [6.07, 6.45) is 0.848. The molecule has 1 aromatic heterocycles. The summed E-state index contributed by atoms with van der Waals surface area (Å²) >= 11 is 0. The molecule has 1 saturated carbocycles. The summed E-state index contributed by atoms with van der Waals surface area (Å²) in [4.78, 5) is 32.7. The number of carboxylic acids is 1. The van der Waals surface area contributed by atoms with E-state index in [1.54, 1.807) is 0 Å². The van der Waals surface area contributed by atoms with Crippen molar-refractivity contribution in [3.05, 3.63) is 11.7 Å². The van der Waals surface area contributed by atoms with E-state index in [4.69, 9.17) is 4.52 Å². The molecule has 2 fully saturated rings. The highest BCUT2D eigenvalue weighted by Crippen LogP contribution is 2.59. The first kappa shape index (κ1) is 19.8. The van der Waals surface area contributed by atoms with Crippen molar-refractivity contribution < 1.29 is 19.2 Å². The molecule has 0 spiro atoms. The van der Waals surface area contributed by atoms with Crippen molar-refractivity contribution in [2.45, 2.75) is 53.0 Å². The molecule has 1 N–H and O–H groups in total. The van der Waals surface area contributed by atoms with Crippen LogP contribution in [0, 0.1) is 17.3 Å². The number of carboxylic acid groups (broad SMARTS) is 1. The van der Waals surface area contributed by atoms with Gasteiger partial charge in [-0.05, 0) is 11.8 Å². The van der Waals surface area contributed by atoms with Crippen LogP contribution in [0.5, 0.6) is 0 Å². The lowest BCUT2D eigenvalue weighted by atomic mass is 9.97. The Morgan fingerprint density at radius 1 is 1.19 bits per heavy atom. The Balaban J connectivity index is 1.57. The van der Waals surface area contributed by atoms with E-state index in [0.717, 1.165) is 19.5 Å². The van der Waals surface area contributed by atoms with Crippen LogP contribution < -0.4 is 0 Å². The highest BCUT2D eigenvalue weighted by molar-refractivity contribution is 5.91. The van der Waals surface area contributed by atoms with Gasteiger partial charge in [-0.1, -0.05) is 39.8 Å². The second kappa shape index (κ2) is 6.89. The van der Waals surface area contributed by atoms with Crippen molar-refractivity contribution in [3.63, 3.8) is 0 Å². The Kier molecular flexibility index (Phi) is 5.05. The predicted molar refractivity (Wildman–Crippen MR) is 97.9 cm³/mol. The minimum atomic E-state index is -0.874. The van der Waals surface area contributed by atoms with Gasteiger partial charge >= 0.3 is 5.97 Å². The van der Waals surface area contributed by atoms with Crippen molar-refractivity contribution in [3.8, 4) is 0 Å². The first-order chi connectivity index (χ1) is 12.5. The molecule has 8 heteroatoms. The van der Waals surface area contributed by atoms with Crippen LogP contribution >= 0.6 is 0 Å². The summed E-state index contributed by atoms with van der Waals surface area (Å²) in [5.74, 6) is -0.591. The Morgan fingerprint density at radius 2 is 1.89 bits per heavy atom. The van der Waals surface area contributed by atoms with Crippen LogP contribution in [-0.2, 0) is 21.5 Å². The molecule has 2 heterocycles. The second-order valence-electron chi connectivity index (χ2n) is 9.34. The van der Waals surface area contributed by atoms with Crippen LogP contribution in [0.1, 0.15) is 52.8 Å². The number of hydrogen-bond acceptors (Lipinski definition) is 6. The summed E-state index contributed by atoms with van der Waals surface area (Å²) in [5, 5.41) is 13.4. The van der Waals surface area contributed by atoms with E-state index < -0.39 is 23.2 Å². The van der Waals surface area contributed by atoms with Crippen molar-refractivity contribution in [2.24, 2.45) is 17.3 Å². The van der Waals surface area contributed by atoms with Gasteiger partial charge in [0.25, 0.3) is 0 Å². The third kappa shape index (κ3) is 4.00. The lowest BCUT2D eigenvalue weighted by molar-refractivity contribution is -0.142. The molecule has 27 heavy (non-hydrogen) atoms. The van der Waals surface area contributed by atoms with Crippen LogP contribution in [0.3, 0.4) is 0 Å². The van der Waals surface area contributed by atoms with E-state index in [0.29, 0.717) is 31.3 Å². The summed E-state index contributed by atoms with van der Waals surface area (Å²) < 4.78 is 5.35. The van der Waals surface area contributed by atoms with E-state index in [2.05, 4.69) is 15.0 Å². The topological polar surface area (TPSA) is 99.8 Å². The zero-order valence-electron chi connectivity index (χ0n) is 16.9. The molecule has 2 aliphatic rings. The molecule has 8 nitrogen and oxygen atoms in total. The van der Waals surface area contributed by atoms with Gasteiger partial charge in [0, 0.05) is 31.6 Å². The number of rotatable bonds is 4. The van der Waals surface area contributed by atoms with Gasteiger partial charge in [-0.2, -0.15) is 4.98 Å². The zero-order chi connectivity index (χ0) is 20.0. The monoisotopic (exact) mass is 378 g/mol. The molecule has 150 valence electrons. The number of carbonyl (C=O) groups excluding carboxylic acids is 1. The van der Waals surface area contributed by atoms with Crippen LogP contribution in [0.4, 0.5) is 0 Å². The molecular formula is C19H30N4O4. The molecule has 0 unspecified atom stereocenters. The SMILES string of the molecule is CC(C)(C)c1nc(CN2CCCN(C(=O)[C@@H]3[C@H](C(=O)O)C3(C)C)CC2)no1. The van der Waals surface area contributed by atoms with Crippen LogP contribution in [-0.4, -0.2) is 63.1 Å². The Morgan fingerprint density at radius 3 is 2.44 bits per heavy atom. The highest BCUT2D eigenvalue weighted by atomic mass is 16.5. The molecule has 3 rings (SSSR count). The average molecular weight is 378 g/mol. The van der Waals surface area contributed by atoms with Gasteiger partial charge in [-0.25, -0.2) is 0 Å². The smallest absolute Gasteiger partial charge is 0.307 e. The number of nitrogens with zero attached hydrogens (tertiary/aromatic N) is 4. The second-order valence-corrected chi connectivity index (χ2v) is 9.34. The maximum atomic E-state index is 12.8. The van der Waals surface area contributed by atoms with Gasteiger partial charge < -0.3 is 14.5 Å². The van der Waals surface area contributed by atoms with E-state index in [1.165, 1.54) is 0 Å². The van der Waals surface area contributed by atoms with Crippen LogP contribution in [0.2, 0.25) is 0 Å². The maximum Gasteiger partial charge on any atom is 0.307 e. The summed E-state index contributed by atoms with van der Waals surface area (Å²) in [7, 11) is 0. The van der Waals surface area contributed by atoms with E-state index in [1.807, 2.05) is 39.5 Å². The normalized spacial score (nSPS) is 25.9. The summed E-state index contributed by atoms with van der Waals surface area (Å²) in [5.41, 5.74) is -0.631. The lowest BCUT2D eigenvalue weighted by Gasteiger charge is -2.22. The van der Waals surface area contributed by atoms with E-state index in [-0.39, 0.29) is 11.3 Å². The molecule has 0 aromatic carbocycles. The van der Waals surface area contributed by atoms with Gasteiger partial charge in [-0.15, -0.1) is 0 Å². The molecule has 1 aliphatic carbocycles. The number of amides is 1. The molecule has 1 amide bonds. The Bertz CT molecular complexity index is 722. The molecule has 0 bridgehead atoms. The fourth-order valence-corrected chi connectivity index (χ4v) is 3.93. The van der Waals surface area contributed by atoms with Crippen LogP contribution in [0.15, 0.2) is 4.52 Å². The molecular weight excluding hydrogens is 348 g/mol. The molecule has 1 aliphatic heterocycles. The van der Waals surface area contributed by atoms with E-state index in [9.17, 15) is 14.7 Å². The van der Waals surface area contributed by atoms with Gasteiger partial charge in [-0.3, -0.25) is 14.5 Å². The first-order valence-electron chi connectivity index (χ1n) is 9.59. The average Bonchev–Trinajstić information content (AvgIpc) is 2.95. The van der Waals surface area contributed by atoms with Gasteiger partial charge in [0.1, 0.15) is 0 Å². The minimum absolute atomic E-state index is 0.0242. The predicted octanol–water partition coefficient (Wildman–Crippen LogP) is 1.76. The van der Waals surface area contributed by atoms with Crippen molar-refractivity contribution >= 4 is 11.9 Å². The summed E-state index contributed by atoms with van der Waals surface area (Å²) in [6, 6.07) is 0.